The van der Waals surface area contributed by atoms with Crippen LogP contribution < -0.4 is 0 Å². The van der Waals surface area contributed by atoms with Gasteiger partial charge in [-0.1, -0.05) is 17.7 Å². The van der Waals surface area contributed by atoms with Crippen molar-refractivity contribution in [3.8, 4) is 0 Å². The fourth-order valence-corrected chi connectivity index (χ4v) is 8.40. The van der Waals surface area contributed by atoms with Gasteiger partial charge >= 0.3 is 0 Å². The maximum atomic E-state index is 13.8. The monoisotopic (exact) mass is 358 g/mol. The summed E-state index contributed by atoms with van der Waals surface area (Å²) in [4.78, 5) is -0.789. The molecule has 2 heterocycles. The first-order valence-electron chi connectivity index (χ1n) is 8.91. The second kappa shape index (κ2) is 4.55. The molecular formula is C18H22N4O2S. The summed E-state index contributed by atoms with van der Waals surface area (Å²) in [6.45, 7) is 6.60. The highest BCUT2D eigenvalue weighted by Crippen LogP contribution is 2.69. The van der Waals surface area contributed by atoms with Crippen LogP contribution in [-0.2, 0) is 9.84 Å². The molecule has 1 aromatic rings. The summed E-state index contributed by atoms with van der Waals surface area (Å²) in [7, 11) is -3.64. The van der Waals surface area contributed by atoms with Gasteiger partial charge in [0.05, 0.1) is 23.0 Å². The lowest BCUT2D eigenvalue weighted by molar-refractivity contribution is 0.156. The van der Waals surface area contributed by atoms with E-state index in [0.717, 1.165) is 12.0 Å². The quantitative estimate of drug-likeness (QED) is 0.811. The zero-order valence-electron chi connectivity index (χ0n) is 14.6. The molecule has 4 aliphatic rings. The van der Waals surface area contributed by atoms with Crippen molar-refractivity contribution in [2.75, 3.05) is 6.54 Å². The molecule has 0 aromatic heterocycles. The van der Waals surface area contributed by atoms with E-state index in [-0.39, 0.29) is 29.7 Å². The molecule has 2 fully saturated rings. The zero-order valence-corrected chi connectivity index (χ0v) is 15.4. The number of benzene rings is 1. The number of hydrogen-bond donors (Lipinski definition) is 0. The van der Waals surface area contributed by atoms with Crippen molar-refractivity contribution < 1.29 is 8.42 Å². The van der Waals surface area contributed by atoms with Crippen molar-refractivity contribution in [2.24, 2.45) is 44.1 Å². The summed E-state index contributed by atoms with van der Waals surface area (Å²) in [5.41, 5.74) is 0.558. The number of hydrogen-bond acceptors (Lipinski definition) is 6. The minimum atomic E-state index is -3.64. The van der Waals surface area contributed by atoms with Crippen LogP contribution in [0.15, 0.2) is 49.6 Å². The van der Waals surface area contributed by atoms with Crippen molar-refractivity contribution in [2.45, 2.75) is 48.5 Å². The molecular weight excluding hydrogens is 336 g/mol. The molecule has 0 saturated heterocycles. The molecule has 5 rings (SSSR count). The Morgan fingerprint density at radius 2 is 1.80 bits per heavy atom. The Balaban J connectivity index is 1.71. The van der Waals surface area contributed by atoms with Gasteiger partial charge in [-0.25, -0.2) is 8.42 Å². The summed E-state index contributed by atoms with van der Waals surface area (Å²) < 4.78 is 27.6. The lowest BCUT2D eigenvalue weighted by Gasteiger charge is -2.42. The van der Waals surface area contributed by atoms with Crippen LogP contribution in [0, 0.1) is 30.6 Å². The van der Waals surface area contributed by atoms with Crippen LogP contribution in [-0.4, -0.2) is 31.4 Å². The van der Waals surface area contributed by atoms with Crippen LogP contribution in [0.25, 0.3) is 0 Å². The average molecular weight is 358 g/mol. The fraction of sp³-hybridized carbons (Fsp3) is 0.667. The van der Waals surface area contributed by atoms with Crippen molar-refractivity contribution >= 4 is 9.84 Å². The van der Waals surface area contributed by atoms with E-state index in [2.05, 4.69) is 20.5 Å². The number of fused-ring (bicyclic) bond motifs is 8. The normalized spacial score (nSPS) is 42.8. The van der Waals surface area contributed by atoms with Crippen LogP contribution in [0.4, 0.5) is 0 Å². The van der Waals surface area contributed by atoms with Gasteiger partial charge in [-0.05, 0) is 45.2 Å². The first-order valence-corrected chi connectivity index (χ1v) is 10.4. The lowest BCUT2D eigenvalue weighted by Crippen LogP contribution is -2.56. The summed E-state index contributed by atoms with van der Waals surface area (Å²) in [6.07, 6.45) is 0.868. The van der Waals surface area contributed by atoms with Crippen LogP contribution in [0.5, 0.6) is 0 Å². The molecule has 0 N–H and O–H groups in total. The first-order chi connectivity index (χ1) is 11.8. The number of sulfone groups is 1. The van der Waals surface area contributed by atoms with Crippen LogP contribution in [0.2, 0.25) is 0 Å². The number of nitrogens with zero attached hydrogens (tertiary/aromatic N) is 4. The summed E-state index contributed by atoms with van der Waals surface area (Å²) in [5.74, 6) is 0.217. The second-order valence-corrected chi connectivity index (χ2v) is 10.6. The van der Waals surface area contributed by atoms with Gasteiger partial charge in [0.2, 0.25) is 9.84 Å². The Labute approximate surface area is 147 Å². The van der Waals surface area contributed by atoms with E-state index in [1.54, 1.807) is 12.1 Å². The predicted octanol–water partition coefficient (Wildman–Crippen LogP) is 3.43. The molecule has 6 unspecified atom stereocenters. The van der Waals surface area contributed by atoms with E-state index in [0.29, 0.717) is 11.4 Å². The van der Waals surface area contributed by atoms with Crippen molar-refractivity contribution in [3.05, 3.63) is 29.8 Å². The SMILES string of the molecule is Cc1ccc(S(=O)(=O)C23N=NC(C)(C)C2C2CC3C3CN=NC32)cc1. The van der Waals surface area contributed by atoms with E-state index < -0.39 is 20.2 Å². The fourth-order valence-electron chi connectivity index (χ4n) is 5.91. The van der Waals surface area contributed by atoms with Crippen molar-refractivity contribution in [1.82, 2.24) is 0 Å². The third-order valence-electron chi connectivity index (χ3n) is 6.82. The second-order valence-electron chi connectivity index (χ2n) is 8.50. The molecule has 0 spiro atoms. The van der Waals surface area contributed by atoms with Crippen LogP contribution >= 0.6 is 0 Å². The van der Waals surface area contributed by atoms with Gasteiger partial charge in [0.15, 0.2) is 4.87 Å². The highest BCUT2D eigenvalue weighted by atomic mass is 32.2. The molecule has 6 nitrogen and oxygen atoms in total. The highest BCUT2D eigenvalue weighted by Gasteiger charge is 2.77. The predicted molar refractivity (Wildman–Crippen MR) is 92.1 cm³/mol. The molecule has 7 heteroatoms. The van der Waals surface area contributed by atoms with Gasteiger partial charge in [0.25, 0.3) is 0 Å². The van der Waals surface area contributed by atoms with Crippen molar-refractivity contribution in [3.63, 3.8) is 0 Å². The summed E-state index contributed by atoms with van der Waals surface area (Å²) >= 11 is 0. The van der Waals surface area contributed by atoms with E-state index >= 15 is 0 Å². The maximum Gasteiger partial charge on any atom is 0.206 e. The number of rotatable bonds is 2. The lowest BCUT2D eigenvalue weighted by atomic mass is 9.69. The Morgan fingerprint density at radius 1 is 1.08 bits per heavy atom. The van der Waals surface area contributed by atoms with E-state index in [1.807, 2.05) is 32.9 Å². The van der Waals surface area contributed by atoms with E-state index in [4.69, 9.17) is 0 Å². The van der Waals surface area contributed by atoms with Gasteiger partial charge in [-0.15, -0.1) is 0 Å². The van der Waals surface area contributed by atoms with Gasteiger partial charge in [-0.3, -0.25) is 0 Å². The van der Waals surface area contributed by atoms with Gasteiger partial charge in [0.1, 0.15) is 0 Å². The molecule has 1 aromatic carbocycles. The Bertz CT molecular complexity index is 906. The minimum absolute atomic E-state index is 0.0423. The number of aryl methyl sites for hydroxylation is 1. The van der Waals surface area contributed by atoms with E-state index in [9.17, 15) is 8.42 Å². The molecule has 2 aliphatic carbocycles. The third kappa shape index (κ3) is 1.68. The Hall–Kier alpha value is -1.63. The summed E-state index contributed by atoms with van der Waals surface area (Å²) in [6, 6.07) is 7.28. The van der Waals surface area contributed by atoms with E-state index in [1.165, 1.54) is 0 Å². The van der Waals surface area contributed by atoms with Gasteiger partial charge in [0, 0.05) is 17.8 Å². The maximum absolute atomic E-state index is 13.8. The topological polar surface area (TPSA) is 83.6 Å². The van der Waals surface area contributed by atoms with Gasteiger partial charge in [-0.2, -0.15) is 20.5 Å². The molecule has 2 saturated carbocycles. The highest BCUT2D eigenvalue weighted by molar-refractivity contribution is 7.92. The molecule has 132 valence electrons. The summed E-state index contributed by atoms with van der Waals surface area (Å²) in [5, 5.41) is 17.7. The Morgan fingerprint density at radius 3 is 2.52 bits per heavy atom. The first kappa shape index (κ1) is 15.6. The largest absolute Gasteiger partial charge is 0.221 e. The minimum Gasteiger partial charge on any atom is -0.221 e. The molecule has 2 bridgehead atoms. The van der Waals surface area contributed by atoms with Crippen LogP contribution in [0.1, 0.15) is 25.8 Å². The zero-order chi connectivity index (χ0) is 17.6. The van der Waals surface area contributed by atoms with Gasteiger partial charge < -0.3 is 0 Å². The van der Waals surface area contributed by atoms with Crippen LogP contribution in [0.3, 0.4) is 0 Å². The molecule has 0 amide bonds. The molecule has 6 atom stereocenters. The molecule has 2 aliphatic heterocycles. The smallest absolute Gasteiger partial charge is 0.206 e. The third-order valence-corrected chi connectivity index (χ3v) is 9.21. The average Bonchev–Trinajstić information content (AvgIpc) is 3.27. The Kier molecular flexibility index (Phi) is 2.84. The molecule has 0 radical (unpaired) electrons. The standard InChI is InChI=1S/C18H22N4O2S/c1-10-4-6-11(7-5-10)25(23,24)18-14-8-12(15-13(14)9-19-20-15)16(18)17(2,3)21-22-18/h4-7,12-16H,8-9H2,1-3H3. The van der Waals surface area contributed by atoms with Crippen molar-refractivity contribution in [1.29, 1.82) is 0 Å². The number of azo groups is 2. The molecule has 25 heavy (non-hydrogen) atoms.